The molecular formula is C24H22N4O5. The van der Waals surface area contributed by atoms with Crippen LogP contribution in [-0.2, 0) is 11.2 Å². The Hall–Kier alpha value is -4.27. The summed E-state index contributed by atoms with van der Waals surface area (Å²) in [6, 6.07) is 9.90. The van der Waals surface area contributed by atoms with Gasteiger partial charge < -0.3 is 20.5 Å². The van der Waals surface area contributed by atoms with Crippen molar-refractivity contribution < 1.29 is 14.6 Å². The Morgan fingerprint density at radius 2 is 1.79 bits per heavy atom. The number of carboxylic acids is 1. The predicted molar refractivity (Wildman–Crippen MR) is 125 cm³/mol. The Kier molecular flexibility index (Phi) is 6.03. The first-order valence-corrected chi connectivity index (χ1v) is 10.4. The van der Waals surface area contributed by atoms with Crippen molar-refractivity contribution in [1.82, 2.24) is 9.97 Å². The molecule has 2 aromatic heterocycles. The van der Waals surface area contributed by atoms with Gasteiger partial charge in [0.1, 0.15) is 17.5 Å². The molecule has 4 rings (SSSR count). The van der Waals surface area contributed by atoms with E-state index in [0.29, 0.717) is 5.82 Å². The summed E-state index contributed by atoms with van der Waals surface area (Å²) in [5.41, 5.74) is -0.0953. The third-order valence-electron chi connectivity index (χ3n) is 5.06. The van der Waals surface area contributed by atoms with Crippen LogP contribution in [-0.4, -0.2) is 33.2 Å². The van der Waals surface area contributed by atoms with E-state index in [1.165, 1.54) is 0 Å². The van der Waals surface area contributed by atoms with Gasteiger partial charge in [0.05, 0.1) is 6.10 Å². The average Bonchev–Trinajstić information content (AvgIpc) is 2.81. The number of nitrogens with one attached hydrogen (secondary N) is 2. The highest BCUT2D eigenvalue weighted by atomic mass is 16.5. The molecule has 0 saturated heterocycles. The van der Waals surface area contributed by atoms with Crippen molar-refractivity contribution >= 4 is 33.9 Å². The van der Waals surface area contributed by atoms with Crippen LogP contribution in [0.1, 0.15) is 19.4 Å². The molecule has 2 aromatic carbocycles. The van der Waals surface area contributed by atoms with Gasteiger partial charge in [0.25, 0.3) is 10.9 Å². The largest absolute Gasteiger partial charge is 0.485 e. The van der Waals surface area contributed by atoms with Crippen molar-refractivity contribution in [2.75, 3.05) is 10.6 Å². The number of rotatable bonds is 9. The van der Waals surface area contributed by atoms with Gasteiger partial charge in [-0.1, -0.05) is 12.1 Å². The highest BCUT2D eigenvalue weighted by Crippen LogP contribution is 2.24. The van der Waals surface area contributed by atoms with Gasteiger partial charge in [-0.25, -0.2) is 9.78 Å². The summed E-state index contributed by atoms with van der Waals surface area (Å²) in [5, 5.41) is 17.4. The maximum Gasteiger partial charge on any atom is 0.326 e. The van der Waals surface area contributed by atoms with Crippen molar-refractivity contribution in [2.24, 2.45) is 0 Å². The molecule has 4 aromatic rings. The molecule has 1 unspecified atom stereocenters. The van der Waals surface area contributed by atoms with E-state index < -0.39 is 22.9 Å². The second-order valence-electron chi connectivity index (χ2n) is 7.85. The summed E-state index contributed by atoms with van der Waals surface area (Å²) < 4.78 is 5.35. The van der Waals surface area contributed by atoms with Gasteiger partial charge in [-0.2, -0.15) is 0 Å². The highest BCUT2D eigenvalue weighted by Gasteiger charge is 2.28. The molecular weight excluding hydrogens is 424 g/mol. The fourth-order valence-corrected chi connectivity index (χ4v) is 3.43. The topological polar surface area (TPSA) is 131 Å². The van der Waals surface area contributed by atoms with Gasteiger partial charge in [-0.15, -0.1) is 0 Å². The molecule has 1 atom stereocenters. The third kappa shape index (κ3) is 4.67. The molecule has 9 nitrogen and oxygen atoms in total. The Balaban J connectivity index is 1.48. The molecule has 0 bridgehead atoms. The van der Waals surface area contributed by atoms with Gasteiger partial charge in [-0.3, -0.25) is 14.6 Å². The van der Waals surface area contributed by atoms with Crippen molar-refractivity contribution in [3.8, 4) is 5.75 Å². The number of aromatic nitrogens is 2. The van der Waals surface area contributed by atoms with Crippen LogP contribution in [0, 0.1) is 0 Å². The lowest BCUT2D eigenvalue weighted by atomic mass is 10.0. The molecule has 0 spiro atoms. The molecule has 0 amide bonds. The number of nitrogens with zero attached hydrogens (tertiary/aromatic N) is 2. The van der Waals surface area contributed by atoms with E-state index in [9.17, 15) is 19.5 Å². The number of benzene rings is 1. The molecule has 0 saturated carbocycles. The average molecular weight is 446 g/mol. The lowest BCUT2D eigenvalue weighted by Gasteiger charge is -2.20. The van der Waals surface area contributed by atoms with Crippen LogP contribution in [0.4, 0.5) is 17.2 Å². The summed E-state index contributed by atoms with van der Waals surface area (Å²) >= 11 is 0. The quantitative estimate of drug-likeness (QED) is 0.332. The zero-order valence-corrected chi connectivity index (χ0v) is 18.0. The summed E-state index contributed by atoms with van der Waals surface area (Å²) in [6.07, 6.45) is 4.95. The van der Waals surface area contributed by atoms with Crippen LogP contribution in [0.15, 0.2) is 64.6 Å². The van der Waals surface area contributed by atoms with Gasteiger partial charge >= 0.3 is 5.97 Å². The van der Waals surface area contributed by atoms with Gasteiger partial charge in [-0.05, 0) is 49.1 Å². The molecule has 168 valence electrons. The van der Waals surface area contributed by atoms with Crippen LogP contribution in [0.2, 0.25) is 0 Å². The summed E-state index contributed by atoms with van der Waals surface area (Å²) in [5.74, 6) is -0.595. The second-order valence-corrected chi connectivity index (χ2v) is 7.85. The molecule has 9 heteroatoms. The number of fused-ring (bicyclic) bond motifs is 1. The third-order valence-corrected chi connectivity index (χ3v) is 5.06. The summed E-state index contributed by atoms with van der Waals surface area (Å²) in [7, 11) is 0. The molecule has 0 fully saturated rings. The number of hydrogen-bond acceptors (Lipinski definition) is 8. The van der Waals surface area contributed by atoms with Crippen LogP contribution in [0.3, 0.4) is 0 Å². The Labute approximate surface area is 188 Å². The van der Waals surface area contributed by atoms with Gasteiger partial charge in [0.15, 0.2) is 5.75 Å². The summed E-state index contributed by atoms with van der Waals surface area (Å²) in [4.78, 5) is 44.0. The van der Waals surface area contributed by atoms with E-state index in [1.807, 2.05) is 24.3 Å². The minimum absolute atomic E-state index is 0.0879. The number of carbonyl (C=O) groups is 1. The lowest BCUT2D eigenvalue weighted by Crippen LogP contribution is -2.42. The van der Waals surface area contributed by atoms with Crippen molar-refractivity contribution in [2.45, 2.75) is 32.4 Å². The van der Waals surface area contributed by atoms with Crippen molar-refractivity contribution in [3.63, 3.8) is 0 Å². The molecule has 3 N–H and O–H groups in total. The van der Waals surface area contributed by atoms with Crippen molar-refractivity contribution in [1.29, 1.82) is 0 Å². The molecule has 2 heterocycles. The molecule has 0 radical (unpaired) electrons. The zero-order chi connectivity index (χ0) is 23.5. The second kappa shape index (κ2) is 9.07. The molecule has 0 aliphatic rings. The van der Waals surface area contributed by atoms with Crippen molar-refractivity contribution in [3.05, 3.63) is 81.0 Å². The van der Waals surface area contributed by atoms with E-state index in [4.69, 9.17) is 4.74 Å². The minimum atomic E-state index is -1.15. The fraction of sp³-hybridized carbons (Fsp3) is 0.208. The van der Waals surface area contributed by atoms with Gasteiger partial charge in [0.2, 0.25) is 0 Å². The Bertz CT molecular complexity index is 1370. The first-order valence-electron chi connectivity index (χ1n) is 10.4. The first kappa shape index (κ1) is 21.9. The SMILES string of the molecule is CC(C)Oc1c(NC(Cc2ccc(Nc3nccc4ccncc34)cc2)C(=O)O)c(=O)c1=O. The van der Waals surface area contributed by atoms with E-state index >= 15 is 0 Å². The maximum absolute atomic E-state index is 11.9. The Morgan fingerprint density at radius 1 is 1.06 bits per heavy atom. The molecule has 33 heavy (non-hydrogen) atoms. The van der Waals surface area contributed by atoms with Crippen LogP contribution >= 0.6 is 0 Å². The first-order chi connectivity index (χ1) is 15.8. The molecule has 0 aliphatic carbocycles. The standard InChI is InChI=1S/C24H22N4O5/c1-13(2)33-22-19(20(29)21(22)30)28-18(24(31)32)11-14-3-5-16(6-4-14)27-23-17-12-25-9-7-15(17)8-10-26-23/h3-10,12-13,18,28H,11H2,1-2H3,(H,26,27)(H,31,32). The lowest BCUT2D eigenvalue weighted by molar-refractivity contribution is -0.137. The number of ether oxygens (including phenoxy) is 1. The van der Waals surface area contributed by atoms with Crippen LogP contribution in [0.5, 0.6) is 5.75 Å². The normalized spacial score (nSPS) is 12.1. The predicted octanol–water partition coefficient (Wildman–Crippen LogP) is 2.86. The summed E-state index contributed by atoms with van der Waals surface area (Å²) in [6.45, 7) is 3.44. The number of hydrogen-bond donors (Lipinski definition) is 3. The van der Waals surface area contributed by atoms with Crippen LogP contribution in [0.25, 0.3) is 10.8 Å². The number of pyridine rings is 2. The fourth-order valence-electron chi connectivity index (χ4n) is 3.43. The minimum Gasteiger partial charge on any atom is -0.485 e. The van der Waals surface area contributed by atoms with E-state index in [2.05, 4.69) is 20.6 Å². The zero-order valence-electron chi connectivity index (χ0n) is 18.0. The van der Waals surface area contributed by atoms with Gasteiger partial charge in [0, 0.05) is 36.1 Å². The number of aliphatic carboxylic acids is 1. The van der Waals surface area contributed by atoms with E-state index in [-0.39, 0.29) is 24.0 Å². The smallest absolute Gasteiger partial charge is 0.326 e. The number of anilines is 3. The number of carboxylic acid groups (broad SMARTS) is 1. The van der Waals surface area contributed by atoms with Crippen LogP contribution < -0.4 is 26.2 Å². The molecule has 0 aliphatic heterocycles. The highest BCUT2D eigenvalue weighted by molar-refractivity contribution is 5.92. The van der Waals surface area contributed by atoms with E-state index in [1.54, 1.807) is 44.6 Å². The Morgan fingerprint density at radius 3 is 2.48 bits per heavy atom. The van der Waals surface area contributed by atoms with E-state index in [0.717, 1.165) is 22.0 Å². The monoisotopic (exact) mass is 446 g/mol. The maximum atomic E-state index is 11.9.